The van der Waals surface area contributed by atoms with E-state index in [2.05, 4.69) is 26.0 Å². The van der Waals surface area contributed by atoms with Crippen LogP contribution in [0.15, 0.2) is 14.7 Å². The molecule has 10 heteroatoms. The van der Waals surface area contributed by atoms with Gasteiger partial charge in [-0.1, -0.05) is 0 Å². The van der Waals surface area contributed by atoms with Gasteiger partial charge in [-0.05, 0) is 41.3 Å². The molecule has 2 rings (SSSR count). The van der Waals surface area contributed by atoms with E-state index in [0.29, 0.717) is 13.0 Å². The minimum atomic E-state index is -3.96. The van der Waals surface area contributed by atoms with Gasteiger partial charge in [-0.3, -0.25) is 4.79 Å². The molecule has 0 saturated carbocycles. The first kappa shape index (κ1) is 16.4. The summed E-state index contributed by atoms with van der Waals surface area (Å²) in [5.41, 5.74) is 0. The van der Waals surface area contributed by atoms with E-state index in [4.69, 9.17) is 5.11 Å². The molecule has 0 spiro atoms. The summed E-state index contributed by atoms with van der Waals surface area (Å²) in [6.45, 7) is 0.530. The molecule has 1 aromatic rings. The van der Waals surface area contributed by atoms with E-state index >= 15 is 0 Å². The molecule has 1 aliphatic heterocycles. The van der Waals surface area contributed by atoms with Crippen molar-refractivity contribution in [3.63, 3.8) is 0 Å². The average molecular weight is 397 g/mol. The molecule has 1 amide bonds. The molecule has 21 heavy (non-hydrogen) atoms. The van der Waals surface area contributed by atoms with Crippen LogP contribution in [0.25, 0.3) is 0 Å². The van der Waals surface area contributed by atoms with Crippen LogP contribution in [0.2, 0.25) is 0 Å². The Balaban J connectivity index is 2.25. The van der Waals surface area contributed by atoms with Gasteiger partial charge < -0.3 is 10.4 Å². The molecule has 1 atom stereocenters. The third kappa shape index (κ3) is 3.82. The largest absolute Gasteiger partial charge is 0.477 e. The first-order chi connectivity index (χ1) is 9.81. The van der Waals surface area contributed by atoms with Crippen molar-refractivity contribution in [3.05, 3.63) is 14.7 Å². The Morgan fingerprint density at radius 3 is 2.81 bits per heavy atom. The number of hydrogen-bond donors (Lipinski definition) is 3. The van der Waals surface area contributed by atoms with Gasteiger partial charge in [0.05, 0.1) is 3.79 Å². The third-order valence-corrected chi connectivity index (χ3v) is 6.70. The fourth-order valence-electron chi connectivity index (χ4n) is 1.94. The zero-order valence-corrected chi connectivity index (χ0v) is 14.0. The average Bonchev–Trinajstić information content (AvgIpc) is 2.69. The SMILES string of the molecule is O=C(O)c1cc(S(=O)(=O)NC2CCCCNC2=O)c(Br)s1. The molecule has 1 aromatic heterocycles. The van der Waals surface area contributed by atoms with Gasteiger partial charge in [-0.2, -0.15) is 4.72 Å². The number of carbonyl (C=O) groups is 2. The number of carboxylic acids is 1. The summed E-state index contributed by atoms with van der Waals surface area (Å²) in [7, 11) is -3.96. The van der Waals surface area contributed by atoms with Gasteiger partial charge in [0.15, 0.2) is 0 Å². The van der Waals surface area contributed by atoms with E-state index in [1.807, 2.05) is 0 Å². The second-order valence-electron chi connectivity index (χ2n) is 4.51. The summed E-state index contributed by atoms with van der Waals surface area (Å²) in [6, 6.07) is 0.242. The normalized spacial score (nSPS) is 19.9. The maximum absolute atomic E-state index is 12.3. The van der Waals surface area contributed by atoms with Gasteiger partial charge in [0, 0.05) is 6.54 Å². The van der Waals surface area contributed by atoms with E-state index in [-0.39, 0.29) is 19.5 Å². The summed E-state index contributed by atoms with van der Waals surface area (Å²) < 4.78 is 27.1. The van der Waals surface area contributed by atoms with Crippen LogP contribution < -0.4 is 10.0 Å². The highest BCUT2D eigenvalue weighted by atomic mass is 79.9. The zero-order valence-electron chi connectivity index (χ0n) is 10.8. The quantitative estimate of drug-likeness (QED) is 0.706. The Kier molecular flexibility index (Phi) is 5.02. The number of halogens is 1. The topological polar surface area (TPSA) is 113 Å². The molecule has 3 N–H and O–H groups in total. The summed E-state index contributed by atoms with van der Waals surface area (Å²) in [5, 5.41) is 11.5. The lowest BCUT2D eigenvalue weighted by molar-refractivity contribution is -0.122. The smallest absolute Gasteiger partial charge is 0.345 e. The predicted octanol–water partition coefficient (Wildman–Crippen LogP) is 1.16. The molecule has 0 aromatic carbocycles. The molecule has 1 unspecified atom stereocenters. The molecule has 1 saturated heterocycles. The molecular weight excluding hydrogens is 384 g/mol. The zero-order chi connectivity index (χ0) is 15.6. The van der Waals surface area contributed by atoms with Crippen LogP contribution in [0, 0.1) is 0 Å². The maximum Gasteiger partial charge on any atom is 0.345 e. The third-order valence-electron chi connectivity index (χ3n) is 2.99. The summed E-state index contributed by atoms with van der Waals surface area (Å²) in [6.07, 6.45) is 1.95. The van der Waals surface area contributed by atoms with Crippen LogP contribution >= 0.6 is 27.3 Å². The molecule has 0 aliphatic carbocycles. The second kappa shape index (κ2) is 6.42. The van der Waals surface area contributed by atoms with Crippen LogP contribution in [0.5, 0.6) is 0 Å². The lowest BCUT2D eigenvalue weighted by atomic mass is 10.1. The van der Waals surface area contributed by atoms with Crippen molar-refractivity contribution in [1.82, 2.24) is 10.0 Å². The summed E-state index contributed by atoms with van der Waals surface area (Å²) >= 11 is 3.87. The van der Waals surface area contributed by atoms with Crippen molar-refractivity contribution in [3.8, 4) is 0 Å². The predicted molar refractivity (Wildman–Crippen MR) is 79.9 cm³/mol. The van der Waals surface area contributed by atoms with Gasteiger partial charge in [-0.15, -0.1) is 11.3 Å². The summed E-state index contributed by atoms with van der Waals surface area (Å²) in [4.78, 5) is 22.4. The van der Waals surface area contributed by atoms with Crippen molar-refractivity contribution in [2.45, 2.75) is 30.2 Å². The fourth-order valence-corrected chi connectivity index (χ4v) is 5.58. The second-order valence-corrected chi connectivity index (χ2v) is 8.57. The first-order valence-corrected chi connectivity index (χ1v) is 9.23. The molecule has 7 nitrogen and oxygen atoms in total. The van der Waals surface area contributed by atoms with Crippen molar-refractivity contribution < 1.29 is 23.1 Å². The molecule has 1 aliphatic rings. The van der Waals surface area contributed by atoms with Gasteiger partial charge >= 0.3 is 5.97 Å². The maximum atomic E-state index is 12.3. The van der Waals surface area contributed by atoms with E-state index in [1.165, 1.54) is 0 Å². The van der Waals surface area contributed by atoms with Gasteiger partial charge in [0.1, 0.15) is 15.8 Å². The van der Waals surface area contributed by atoms with Crippen LogP contribution in [-0.2, 0) is 14.8 Å². The minimum Gasteiger partial charge on any atom is -0.477 e. The molecule has 0 radical (unpaired) electrons. The lowest BCUT2D eigenvalue weighted by Crippen LogP contribution is -2.45. The Morgan fingerprint density at radius 1 is 1.48 bits per heavy atom. The molecular formula is C11H13BrN2O5S2. The highest BCUT2D eigenvalue weighted by Gasteiger charge is 2.29. The van der Waals surface area contributed by atoms with Crippen molar-refractivity contribution in [2.75, 3.05) is 6.54 Å². The minimum absolute atomic E-state index is 0.0902. The number of nitrogens with one attached hydrogen (secondary N) is 2. The highest BCUT2D eigenvalue weighted by Crippen LogP contribution is 2.32. The number of aromatic carboxylic acids is 1. The van der Waals surface area contributed by atoms with Crippen molar-refractivity contribution in [2.24, 2.45) is 0 Å². The Labute approximate surface area is 133 Å². The Bertz CT molecular complexity index is 670. The highest BCUT2D eigenvalue weighted by molar-refractivity contribution is 9.11. The van der Waals surface area contributed by atoms with Gasteiger partial charge in [-0.25, -0.2) is 13.2 Å². The standard InChI is InChI=1S/C11H13BrN2O5S2/c12-9-8(5-7(20-9)11(16)17)21(18,19)14-6-3-1-2-4-13-10(6)15/h5-6,14H,1-4H2,(H,13,15)(H,16,17). The molecule has 2 heterocycles. The van der Waals surface area contributed by atoms with Crippen molar-refractivity contribution in [1.29, 1.82) is 0 Å². The Hall–Kier alpha value is -0.970. The molecule has 116 valence electrons. The lowest BCUT2D eigenvalue weighted by Gasteiger charge is -2.15. The van der Waals surface area contributed by atoms with Crippen LogP contribution in [0.3, 0.4) is 0 Å². The van der Waals surface area contributed by atoms with Crippen LogP contribution in [0.4, 0.5) is 0 Å². The first-order valence-electron chi connectivity index (χ1n) is 6.14. The van der Waals surface area contributed by atoms with E-state index in [0.717, 1.165) is 30.2 Å². The number of thiophene rings is 1. The molecule has 0 bridgehead atoms. The number of hydrogen-bond acceptors (Lipinski definition) is 5. The number of carbonyl (C=O) groups excluding carboxylic acids is 1. The van der Waals surface area contributed by atoms with E-state index in [1.54, 1.807) is 0 Å². The van der Waals surface area contributed by atoms with Crippen LogP contribution in [-0.4, -0.2) is 38.0 Å². The Morgan fingerprint density at radius 2 is 2.19 bits per heavy atom. The van der Waals surface area contributed by atoms with Crippen molar-refractivity contribution >= 4 is 49.2 Å². The number of rotatable bonds is 4. The van der Waals surface area contributed by atoms with Gasteiger partial charge in [0.2, 0.25) is 15.9 Å². The number of carboxylic acid groups (broad SMARTS) is 1. The molecule has 1 fully saturated rings. The number of sulfonamides is 1. The fraction of sp³-hybridized carbons (Fsp3) is 0.455. The van der Waals surface area contributed by atoms with E-state index in [9.17, 15) is 18.0 Å². The number of amides is 1. The van der Waals surface area contributed by atoms with E-state index < -0.39 is 22.0 Å². The monoisotopic (exact) mass is 396 g/mol. The van der Waals surface area contributed by atoms with Gasteiger partial charge in [0.25, 0.3) is 0 Å². The summed E-state index contributed by atoms with van der Waals surface area (Å²) in [5.74, 6) is -1.56. The van der Waals surface area contributed by atoms with Crippen LogP contribution in [0.1, 0.15) is 28.9 Å².